The molecular formula is C18H34N4O7. The van der Waals surface area contributed by atoms with Gasteiger partial charge in [0.2, 0.25) is 0 Å². The van der Waals surface area contributed by atoms with E-state index in [0.717, 1.165) is 0 Å². The monoisotopic (exact) mass is 418 g/mol. The molecule has 1 heterocycles. The number of carbonyl (C=O) groups is 3. The number of β-amino-alcohol motifs (C(OH)–C–C–N with tert-alkyl or cyclic N) is 1. The molecule has 0 aromatic heterocycles. The molecule has 1 rings (SSSR count). The molecule has 0 spiro atoms. The van der Waals surface area contributed by atoms with E-state index in [1.807, 2.05) is 19.6 Å². The molecule has 0 amide bonds. The Kier molecular flexibility index (Phi) is 11.7. The van der Waals surface area contributed by atoms with Crippen molar-refractivity contribution in [2.45, 2.75) is 19.4 Å². The van der Waals surface area contributed by atoms with E-state index in [-0.39, 0.29) is 19.5 Å². The molecule has 29 heavy (non-hydrogen) atoms. The van der Waals surface area contributed by atoms with Crippen molar-refractivity contribution in [2.24, 2.45) is 0 Å². The van der Waals surface area contributed by atoms with Crippen LogP contribution in [-0.4, -0.2) is 143 Å². The van der Waals surface area contributed by atoms with Crippen LogP contribution in [0.2, 0.25) is 0 Å². The highest BCUT2D eigenvalue weighted by molar-refractivity contribution is 5.69. The summed E-state index contributed by atoms with van der Waals surface area (Å²) in [5, 5.41) is 37.1. The van der Waals surface area contributed by atoms with E-state index in [2.05, 4.69) is 0 Å². The second-order valence-electron chi connectivity index (χ2n) is 7.47. The van der Waals surface area contributed by atoms with Gasteiger partial charge in [0.25, 0.3) is 0 Å². The van der Waals surface area contributed by atoms with Crippen molar-refractivity contribution in [3.05, 3.63) is 0 Å². The fraction of sp³-hybridized carbons (Fsp3) is 0.833. The lowest BCUT2D eigenvalue weighted by molar-refractivity contribution is -0.139. The molecule has 1 fully saturated rings. The van der Waals surface area contributed by atoms with E-state index in [4.69, 9.17) is 5.11 Å². The molecule has 0 aromatic rings. The fourth-order valence-corrected chi connectivity index (χ4v) is 3.31. The number of nitrogens with zero attached hydrogens (tertiary/aromatic N) is 4. The molecule has 11 heteroatoms. The zero-order valence-corrected chi connectivity index (χ0v) is 17.1. The lowest BCUT2D eigenvalue weighted by Crippen LogP contribution is -2.48. The van der Waals surface area contributed by atoms with Crippen LogP contribution in [0.4, 0.5) is 0 Å². The summed E-state index contributed by atoms with van der Waals surface area (Å²) in [6, 6.07) is 0. The van der Waals surface area contributed by atoms with Gasteiger partial charge in [-0.1, -0.05) is 0 Å². The van der Waals surface area contributed by atoms with Gasteiger partial charge in [0.1, 0.15) is 0 Å². The molecule has 1 aliphatic rings. The van der Waals surface area contributed by atoms with Gasteiger partial charge in [0.15, 0.2) is 0 Å². The van der Waals surface area contributed by atoms with Crippen molar-refractivity contribution in [2.75, 3.05) is 78.5 Å². The third-order valence-corrected chi connectivity index (χ3v) is 4.81. The van der Waals surface area contributed by atoms with Crippen LogP contribution >= 0.6 is 0 Å². The maximum atomic E-state index is 11.2. The van der Waals surface area contributed by atoms with Gasteiger partial charge in [0, 0.05) is 65.4 Å². The molecule has 4 N–H and O–H groups in total. The zero-order valence-electron chi connectivity index (χ0n) is 17.1. The molecule has 0 radical (unpaired) electrons. The quantitative estimate of drug-likeness (QED) is 0.338. The number of hydrogen-bond donors (Lipinski definition) is 4. The van der Waals surface area contributed by atoms with Crippen LogP contribution in [0.5, 0.6) is 0 Å². The average molecular weight is 418 g/mol. The van der Waals surface area contributed by atoms with Crippen LogP contribution < -0.4 is 0 Å². The van der Waals surface area contributed by atoms with E-state index >= 15 is 0 Å². The van der Waals surface area contributed by atoms with E-state index in [0.29, 0.717) is 65.4 Å². The third-order valence-electron chi connectivity index (χ3n) is 4.81. The van der Waals surface area contributed by atoms with Crippen LogP contribution in [0.25, 0.3) is 0 Å². The fourth-order valence-electron chi connectivity index (χ4n) is 3.31. The summed E-state index contributed by atoms with van der Waals surface area (Å²) in [4.78, 5) is 40.9. The first-order valence-electron chi connectivity index (χ1n) is 9.88. The Labute approximate surface area is 171 Å². The van der Waals surface area contributed by atoms with Crippen LogP contribution in [0.3, 0.4) is 0 Å². The molecular weight excluding hydrogens is 384 g/mol. The Balaban J connectivity index is 2.88. The number of aliphatic hydroxyl groups excluding tert-OH is 1. The SMILES string of the molecule is CC(O)CN1CCN(CC(=O)O)CCN(CCC(=O)O)CCN(CC(=O)O)CC1. The van der Waals surface area contributed by atoms with E-state index < -0.39 is 24.0 Å². The first-order valence-corrected chi connectivity index (χ1v) is 9.88. The van der Waals surface area contributed by atoms with Gasteiger partial charge < -0.3 is 25.3 Å². The molecule has 168 valence electrons. The van der Waals surface area contributed by atoms with Crippen LogP contribution in [0.15, 0.2) is 0 Å². The summed E-state index contributed by atoms with van der Waals surface area (Å²) in [5.74, 6) is -2.76. The maximum absolute atomic E-state index is 11.2. The summed E-state index contributed by atoms with van der Waals surface area (Å²) in [6.45, 7) is 6.22. The lowest BCUT2D eigenvalue weighted by atomic mass is 10.3. The molecule has 0 saturated carbocycles. The van der Waals surface area contributed by atoms with Gasteiger partial charge >= 0.3 is 17.9 Å². The van der Waals surface area contributed by atoms with Gasteiger partial charge in [0.05, 0.1) is 25.6 Å². The van der Waals surface area contributed by atoms with Gasteiger partial charge in [-0.15, -0.1) is 0 Å². The molecule has 0 bridgehead atoms. The number of carboxylic acid groups (broad SMARTS) is 3. The molecule has 11 nitrogen and oxygen atoms in total. The first kappa shape index (κ1) is 25.2. The standard InChI is InChI=1S/C18H34N4O7/c1-15(23)12-20-8-10-21(13-17(26)27)6-4-19(3-2-16(24)25)5-7-22(11-9-20)14-18(28)29/h15,23H,2-14H2,1H3,(H,24,25)(H,26,27)(H,28,29). The topological polar surface area (TPSA) is 145 Å². The molecule has 0 aliphatic carbocycles. The number of carboxylic acids is 3. The number of hydrogen-bond acceptors (Lipinski definition) is 8. The largest absolute Gasteiger partial charge is 0.481 e. The Morgan fingerprint density at radius 2 is 1.07 bits per heavy atom. The maximum Gasteiger partial charge on any atom is 0.317 e. The van der Waals surface area contributed by atoms with Gasteiger partial charge in [-0.25, -0.2) is 0 Å². The number of aliphatic carboxylic acids is 3. The summed E-state index contributed by atoms with van der Waals surface area (Å²) >= 11 is 0. The normalized spacial score (nSPS) is 20.5. The molecule has 1 atom stereocenters. The Morgan fingerprint density at radius 1 is 0.690 bits per heavy atom. The van der Waals surface area contributed by atoms with Crippen LogP contribution in [0, 0.1) is 0 Å². The minimum atomic E-state index is -0.927. The van der Waals surface area contributed by atoms with Crippen LogP contribution in [0.1, 0.15) is 13.3 Å². The number of rotatable bonds is 9. The zero-order chi connectivity index (χ0) is 21.8. The minimum Gasteiger partial charge on any atom is -0.481 e. The van der Waals surface area contributed by atoms with E-state index in [1.54, 1.807) is 6.92 Å². The average Bonchev–Trinajstić information content (AvgIpc) is 2.59. The second kappa shape index (κ2) is 13.4. The molecule has 1 unspecified atom stereocenters. The highest BCUT2D eigenvalue weighted by Gasteiger charge is 2.19. The Morgan fingerprint density at radius 3 is 1.41 bits per heavy atom. The van der Waals surface area contributed by atoms with Gasteiger partial charge in [-0.3, -0.25) is 29.1 Å². The second-order valence-corrected chi connectivity index (χ2v) is 7.47. The molecule has 1 aliphatic heterocycles. The Hall–Kier alpha value is -1.79. The minimum absolute atomic E-state index is 0.0278. The molecule has 1 saturated heterocycles. The Bertz CT molecular complexity index is 500. The van der Waals surface area contributed by atoms with Gasteiger partial charge in [-0.2, -0.15) is 0 Å². The predicted molar refractivity (Wildman–Crippen MR) is 105 cm³/mol. The first-order chi connectivity index (χ1) is 13.7. The van der Waals surface area contributed by atoms with Crippen LogP contribution in [-0.2, 0) is 14.4 Å². The van der Waals surface area contributed by atoms with E-state index in [1.165, 1.54) is 0 Å². The van der Waals surface area contributed by atoms with Crippen molar-refractivity contribution in [3.63, 3.8) is 0 Å². The highest BCUT2D eigenvalue weighted by Crippen LogP contribution is 2.03. The molecule has 0 aromatic carbocycles. The smallest absolute Gasteiger partial charge is 0.317 e. The van der Waals surface area contributed by atoms with Crippen molar-refractivity contribution in [3.8, 4) is 0 Å². The number of aliphatic hydroxyl groups is 1. The predicted octanol–water partition coefficient (Wildman–Crippen LogP) is -1.77. The third kappa shape index (κ3) is 12.4. The van der Waals surface area contributed by atoms with Crippen molar-refractivity contribution < 1.29 is 34.8 Å². The summed E-state index contributed by atoms with van der Waals surface area (Å²) in [7, 11) is 0. The van der Waals surface area contributed by atoms with Gasteiger partial charge in [-0.05, 0) is 6.92 Å². The summed E-state index contributed by atoms with van der Waals surface area (Å²) < 4.78 is 0. The summed E-state index contributed by atoms with van der Waals surface area (Å²) in [5.41, 5.74) is 0. The van der Waals surface area contributed by atoms with E-state index in [9.17, 15) is 29.7 Å². The van der Waals surface area contributed by atoms with Crippen molar-refractivity contribution in [1.82, 2.24) is 19.6 Å². The van der Waals surface area contributed by atoms with Crippen molar-refractivity contribution >= 4 is 17.9 Å². The van der Waals surface area contributed by atoms with Crippen molar-refractivity contribution in [1.29, 1.82) is 0 Å². The lowest BCUT2D eigenvalue weighted by Gasteiger charge is -2.33. The highest BCUT2D eigenvalue weighted by atomic mass is 16.4. The summed E-state index contributed by atoms with van der Waals surface area (Å²) in [6.07, 6.45) is -0.574.